The van der Waals surface area contributed by atoms with Crippen LogP contribution >= 0.6 is 11.6 Å². The summed E-state index contributed by atoms with van der Waals surface area (Å²) in [7, 11) is 1.50. The van der Waals surface area contributed by atoms with Gasteiger partial charge in [0.1, 0.15) is 23.7 Å². The van der Waals surface area contributed by atoms with Crippen LogP contribution in [-0.4, -0.2) is 33.5 Å². The van der Waals surface area contributed by atoms with Gasteiger partial charge in [0, 0.05) is 30.0 Å². The fourth-order valence-corrected chi connectivity index (χ4v) is 4.44. The number of aromatic nitrogens is 3. The van der Waals surface area contributed by atoms with Crippen LogP contribution in [0.3, 0.4) is 0 Å². The zero-order chi connectivity index (χ0) is 28.3. The standard InChI is InChI=1S/C28H28ClN5O5/c1-15(2)20-7-5-17(29)9-21(20)22-11-26(35)34(13-25(22)38-4)24(10-19-14-39-16(3)32-19)28(37)33-18-6-8-23(27(30)36)31-12-18/h5-9,11-15,24H,10H2,1-4H3,(H2,30,36)(H,33,37). The number of primary amides is 1. The van der Waals surface area contributed by atoms with Crippen molar-refractivity contribution in [1.29, 1.82) is 0 Å². The van der Waals surface area contributed by atoms with Crippen LogP contribution in [0.2, 0.25) is 5.02 Å². The molecule has 0 bridgehead atoms. The topological polar surface area (TPSA) is 142 Å². The number of hydrogen-bond donors (Lipinski definition) is 2. The van der Waals surface area contributed by atoms with Crippen LogP contribution in [-0.2, 0) is 11.2 Å². The monoisotopic (exact) mass is 549 g/mol. The Morgan fingerprint density at radius 2 is 1.95 bits per heavy atom. The molecular formula is C28H28ClN5O5. The molecule has 0 aliphatic rings. The number of anilines is 1. The van der Waals surface area contributed by atoms with E-state index in [1.54, 1.807) is 19.1 Å². The van der Waals surface area contributed by atoms with E-state index in [4.69, 9.17) is 26.5 Å². The van der Waals surface area contributed by atoms with Crippen molar-refractivity contribution < 1.29 is 18.7 Å². The summed E-state index contributed by atoms with van der Waals surface area (Å²) >= 11 is 6.30. The molecule has 3 heterocycles. The molecule has 2 amide bonds. The molecule has 0 radical (unpaired) electrons. The van der Waals surface area contributed by atoms with Crippen molar-refractivity contribution in [3.8, 4) is 16.9 Å². The minimum Gasteiger partial charge on any atom is -0.495 e. The summed E-state index contributed by atoms with van der Waals surface area (Å²) in [4.78, 5) is 46.7. The second kappa shape index (κ2) is 11.5. The van der Waals surface area contributed by atoms with Gasteiger partial charge >= 0.3 is 0 Å². The van der Waals surface area contributed by atoms with Gasteiger partial charge in [-0.1, -0.05) is 31.5 Å². The highest BCUT2D eigenvalue weighted by atomic mass is 35.5. The SMILES string of the molecule is COc1cn(C(Cc2coc(C)n2)C(=O)Nc2ccc(C(N)=O)nc2)c(=O)cc1-c1cc(Cl)ccc1C(C)C. The number of oxazole rings is 1. The van der Waals surface area contributed by atoms with Crippen molar-refractivity contribution in [1.82, 2.24) is 14.5 Å². The number of nitrogens with zero attached hydrogens (tertiary/aromatic N) is 3. The zero-order valence-electron chi connectivity index (χ0n) is 21.9. The molecule has 4 rings (SSSR count). The van der Waals surface area contributed by atoms with Gasteiger partial charge < -0.3 is 20.2 Å². The van der Waals surface area contributed by atoms with Crippen LogP contribution in [0, 0.1) is 6.92 Å². The Balaban J connectivity index is 1.78. The third kappa shape index (κ3) is 6.18. The highest BCUT2D eigenvalue weighted by molar-refractivity contribution is 6.30. The van der Waals surface area contributed by atoms with Crippen molar-refractivity contribution in [3.63, 3.8) is 0 Å². The van der Waals surface area contributed by atoms with Gasteiger partial charge in [-0.2, -0.15) is 0 Å². The van der Waals surface area contributed by atoms with Crippen LogP contribution in [0.15, 0.2) is 64.3 Å². The Labute approximate surface area is 229 Å². The molecule has 10 nitrogen and oxygen atoms in total. The number of rotatable bonds is 9. The number of hydrogen-bond acceptors (Lipinski definition) is 7. The number of benzene rings is 1. The van der Waals surface area contributed by atoms with Gasteiger partial charge in [0.25, 0.3) is 11.5 Å². The predicted octanol–water partition coefficient (Wildman–Crippen LogP) is 4.51. The molecule has 0 fully saturated rings. The third-order valence-corrected chi connectivity index (χ3v) is 6.42. The number of ether oxygens (including phenoxy) is 1. The second-order valence-corrected chi connectivity index (χ2v) is 9.69. The van der Waals surface area contributed by atoms with E-state index < -0.39 is 23.4 Å². The zero-order valence-corrected chi connectivity index (χ0v) is 22.7. The lowest BCUT2D eigenvalue weighted by atomic mass is 9.92. The molecule has 0 aliphatic heterocycles. The van der Waals surface area contributed by atoms with Gasteiger partial charge in [0.15, 0.2) is 5.89 Å². The lowest BCUT2D eigenvalue weighted by Gasteiger charge is -2.22. The molecule has 39 heavy (non-hydrogen) atoms. The third-order valence-electron chi connectivity index (χ3n) is 6.18. The van der Waals surface area contributed by atoms with Gasteiger partial charge in [-0.25, -0.2) is 9.97 Å². The van der Waals surface area contributed by atoms with E-state index >= 15 is 0 Å². The van der Waals surface area contributed by atoms with Gasteiger partial charge in [-0.15, -0.1) is 0 Å². The molecule has 1 unspecified atom stereocenters. The average molecular weight is 550 g/mol. The van der Waals surface area contributed by atoms with Crippen molar-refractivity contribution >= 4 is 29.1 Å². The van der Waals surface area contributed by atoms with Crippen LogP contribution in [0.5, 0.6) is 5.75 Å². The molecule has 1 atom stereocenters. The molecule has 0 aliphatic carbocycles. The first-order chi connectivity index (χ1) is 18.6. The largest absolute Gasteiger partial charge is 0.495 e. The summed E-state index contributed by atoms with van der Waals surface area (Å²) in [5, 5.41) is 3.27. The van der Waals surface area contributed by atoms with Crippen molar-refractivity contribution in [2.75, 3.05) is 12.4 Å². The lowest BCUT2D eigenvalue weighted by molar-refractivity contribution is -0.119. The van der Waals surface area contributed by atoms with E-state index in [-0.39, 0.29) is 18.0 Å². The van der Waals surface area contributed by atoms with Gasteiger partial charge in [0.2, 0.25) is 5.91 Å². The molecule has 3 N–H and O–H groups in total. The predicted molar refractivity (Wildman–Crippen MR) is 147 cm³/mol. The van der Waals surface area contributed by atoms with Gasteiger partial charge in [-0.3, -0.25) is 19.0 Å². The highest BCUT2D eigenvalue weighted by Gasteiger charge is 2.26. The Morgan fingerprint density at radius 1 is 1.18 bits per heavy atom. The molecule has 0 spiro atoms. The number of nitrogens with two attached hydrogens (primary N) is 1. The number of methoxy groups -OCH3 is 1. The van der Waals surface area contributed by atoms with E-state index in [9.17, 15) is 14.4 Å². The number of halogens is 1. The van der Waals surface area contributed by atoms with Gasteiger partial charge in [0.05, 0.1) is 30.9 Å². The number of carbonyl (C=O) groups is 2. The van der Waals surface area contributed by atoms with Crippen molar-refractivity contribution in [2.45, 2.75) is 39.2 Å². The fraction of sp³-hybridized carbons (Fsp3) is 0.250. The minimum absolute atomic E-state index is 0.0564. The molecule has 0 saturated carbocycles. The van der Waals surface area contributed by atoms with E-state index in [1.807, 2.05) is 19.9 Å². The fourth-order valence-electron chi connectivity index (χ4n) is 4.27. The van der Waals surface area contributed by atoms with Crippen molar-refractivity contribution in [3.05, 3.63) is 93.3 Å². The van der Waals surface area contributed by atoms with E-state index in [1.165, 1.54) is 48.5 Å². The number of carbonyl (C=O) groups excluding carboxylic acids is 2. The van der Waals surface area contributed by atoms with Crippen LogP contribution in [0.4, 0.5) is 5.69 Å². The Kier molecular flexibility index (Phi) is 8.15. The maximum absolute atomic E-state index is 13.5. The lowest BCUT2D eigenvalue weighted by Crippen LogP contribution is -2.34. The molecule has 0 saturated heterocycles. The second-order valence-electron chi connectivity index (χ2n) is 9.25. The van der Waals surface area contributed by atoms with E-state index in [2.05, 4.69) is 15.3 Å². The molecule has 1 aromatic carbocycles. The minimum atomic E-state index is -1.02. The Morgan fingerprint density at radius 3 is 2.54 bits per heavy atom. The first kappa shape index (κ1) is 27.6. The molecule has 4 aromatic rings. The summed E-state index contributed by atoms with van der Waals surface area (Å²) in [6.07, 6.45) is 4.33. The highest BCUT2D eigenvalue weighted by Crippen LogP contribution is 2.36. The Hall–Kier alpha value is -4.44. The number of amides is 2. The smallest absolute Gasteiger partial charge is 0.267 e. The van der Waals surface area contributed by atoms with Crippen LogP contribution in [0.25, 0.3) is 11.1 Å². The first-order valence-corrected chi connectivity index (χ1v) is 12.5. The maximum atomic E-state index is 13.5. The summed E-state index contributed by atoms with van der Waals surface area (Å²) < 4.78 is 12.3. The van der Waals surface area contributed by atoms with E-state index in [0.717, 1.165) is 11.1 Å². The first-order valence-electron chi connectivity index (χ1n) is 12.1. The summed E-state index contributed by atoms with van der Waals surface area (Å²) in [5.41, 5.74) is 8.01. The Bertz CT molecular complexity index is 1580. The number of nitrogens with one attached hydrogen (secondary N) is 1. The van der Waals surface area contributed by atoms with E-state index in [0.29, 0.717) is 33.6 Å². The van der Waals surface area contributed by atoms with Gasteiger partial charge in [-0.05, 0) is 41.3 Å². The van der Waals surface area contributed by atoms with Crippen LogP contribution < -0.4 is 21.3 Å². The van der Waals surface area contributed by atoms with Crippen LogP contribution in [0.1, 0.15) is 53.4 Å². The number of pyridine rings is 2. The average Bonchev–Trinajstić information content (AvgIpc) is 3.31. The molecule has 202 valence electrons. The summed E-state index contributed by atoms with van der Waals surface area (Å²) in [6.45, 7) is 5.78. The quantitative estimate of drug-likeness (QED) is 0.312. The summed E-state index contributed by atoms with van der Waals surface area (Å²) in [5.74, 6) is -0.218. The molecule has 11 heteroatoms. The maximum Gasteiger partial charge on any atom is 0.267 e. The molecule has 3 aromatic heterocycles. The van der Waals surface area contributed by atoms with Crippen molar-refractivity contribution in [2.24, 2.45) is 5.73 Å². The summed E-state index contributed by atoms with van der Waals surface area (Å²) in [6, 6.07) is 8.84. The molecular weight excluding hydrogens is 522 g/mol. The normalized spacial score (nSPS) is 11.8. The number of aryl methyl sites for hydroxylation is 1.